The molecular weight excluding hydrogens is 228 g/mol. The molecule has 2 aliphatic heterocycles. The fourth-order valence-electron chi connectivity index (χ4n) is 2.97. The van der Waals surface area contributed by atoms with E-state index in [4.69, 9.17) is 16.2 Å². The molecule has 0 spiro atoms. The lowest BCUT2D eigenvalue weighted by molar-refractivity contribution is -0.0596. The van der Waals surface area contributed by atoms with Crippen LogP contribution in [0, 0.1) is 0 Å². The van der Waals surface area contributed by atoms with E-state index in [-0.39, 0.29) is 12.1 Å². The molecule has 1 aromatic heterocycles. The van der Waals surface area contributed by atoms with Crippen LogP contribution < -0.4 is 11.5 Å². The third-order valence-corrected chi connectivity index (χ3v) is 4.05. The Morgan fingerprint density at radius 1 is 1.50 bits per heavy atom. The lowest BCUT2D eigenvalue weighted by atomic mass is 10.0. The third kappa shape index (κ3) is 2.09. The van der Waals surface area contributed by atoms with Gasteiger partial charge in [-0.05, 0) is 25.5 Å². The van der Waals surface area contributed by atoms with Crippen molar-refractivity contribution in [3.63, 3.8) is 0 Å². The second-order valence-electron chi connectivity index (χ2n) is 5.17. The molecular formula is C13H20N4O. The van der Waals surface area contributed by atoms with Gasteiger partial charge in [0.1, 0.15) is 5.82 Å². The number of rotatable bonds is 2. The van der Waals surface area contributed by atoms with Crippen molar-refractivity contribution in [2.45, 2.75) is 31.0 Å². The van der Waals surface area contributed by atoms with E-state index in [1.807, 2.05) is 12.1 Å². The molecule has 1 aromatic rings. The Hall–Kier alpha value is -1.17. The number of nitrogens with two attached hydrogens (primary N) is 2. The second-order valence-corrected chi connectivity index (χ2v) is 5.17. The van der Waals surface area contributed by atoms with Crippen LogP contribution in [0.3, 0.4) is 0 Å². The summed E-state index contributed by atoms with van der Waals surface area (Å²) in [6.45, 7) is 2.86. The Bertz CT molecular complexity index is 425. The highest BCUT2D eigenvalue weighted by Gasteiger charge is 2.35. The summed E-state index contributed by atoms with van der Waals surface area (Å²) in [5.41, 5.74) is 13.0. The summed E-state index contributed by atoms with van der Waals surface area (Å²) in [7, 11) is 0. The zero-order valence-electron chi connectivity index (χ0n) is 10.5. The maximum absolute atomic E-state index is 6.28. The van der Waals surface area contributed by atoms with Crippen LogP contribution in [0.25, 0.3) is 0 Å². The molecule has 0 aromatic carbocycles. The predicted octanol–water partition coefficient (Wildman–Crippen LogP) is 0.527. The second kappa shape index (κ2) is 4.84. The van der Waals surface area contributed by atoms with Crippen LogP contribution in [-0.2, 0) is 4.74 Å². The predicted molar refractivity (Wildman–Crippen MR) is 69.9 cm³/mol. The smallest absolute Gasteiger partial charge is 0.128 e. The highest BCUT2D eigenvalue weighted by molar-refractivity contribution is 5.41. The molecule has 3 heterocycles. The largest absolute Gasteiger partial charge is 0.383 e. The van der Waals surface area contributed by atoms with Gasteiger partial charge in [-0.25, -0.2) is 4.98 Å². The molecule has 2 fully saturated rings. The van der Waals surface area contributed by atoms with Crippen molar-refractivity contribution >= 4 is 5.82 Å². The van der Waals surface area contributed by atoms with Gasteiger partial charge in [0.25, 0.3) is 0 Å². The van der Waals surface area contributed by atoms with Gasteiger partial charge in [-0.1, -0.05) is 6.07 Å². The van der Waals surface area contributed by atoms with Gasteiger partial charge in [0.2, 0.25) is 0 Å². The van der Waals surface area contributed by atoms with Gasteiger partial charge < -0.3 is 16.2 Å². The van der Waals surface area contributed by atoms with E-state index in [0.717, 1.165) is 18.7 Å². The molecule has 2 saturated heterocycles. The van der Waals surface area contributed by atoms with E-state index in [1.165, 1.54) is 19.4 Å². The van der Waals surface area contributed by atoms with Crippen LogP contribution in [-0.4, -0.2) is 41.7 Å². The molecule has 3 unspecified atom stereocenters. The van der Waals surface area contributed by atoms with Crippen LogP contribution in [0.15, 0.2) is 18.3 Å². The van der Waals surface area contributed by atoms with Crippen molar-refractivity contribution in [3.05, 3.63) is 23.9 Å². The molecule has 5 heteroatoms. The number of nitrogens with zero attached hydrogens (tertiary/aromatic N) is 2. The first-order valence-electron chi connectivity index (χ1n) is 6.57. The summed E-state index contributed by atoms with van der Waals surface area (Å²) in [6.07, 6.45) is 4.22. The van der Waals surface area contributed by atoms with Crippen LogP contribution in [0.5, 0.6) is 0 Å². The van der Waals surface area contributed by atoms with Gasteiger partial charge in [0, 0.05) is 24.3 Å². The SMILES string of the molecule is Nc1ncccc1C(N)C1CN2CCCC2CO1. The van der Waals surface area contributed by atoms with Gasteiger partial charge in [-0.3, -0.25) is 4.90 Å². The molecule has 98 valence electrons. The first-order chi connectivity index (χ1) is 8.75. The monoisotopic (exact) mass is 248 g/mol. The first-order valence-corrected chi connectivity index (χ1v) is 6.57. The minimum atomic E-state index is -0.194. The summed E-state index contributed by atoms with van der Waals surface area (Å²) in [5.74, 6) is 0.511. The normalized spacial score (nSPS) is 30.1. The summed E-state index contributed by atoms with van der Waals surface area (Å²) < 4.78 is 5.91. The molecule has 0 aliphatic carbocycles. The number of hydrogen-bond donors (Lipinski definition) is 2. The minimum Gasteiger partial charge on any atom is -0.383 e. The zero-order valence-corrected chi connectivity index (χ0v) is 10.5. The Morgan fingerprint density at radius 3 is 3.22 bits per heavy atom. The van der Waals surface area contributed by atoms with Crippen LogP contribution in [0.4, 0.5) is 5.82 Å². The van der Waals surface area contributed by atoms with Crippen LogP contribution in [0.1, 0.15) is 24.4 Å². The number of pyridine rings is 1. The topological polar surface area (TPSA) is 77.4 Å². The quantitative estimate of drug-likeness (QED) is 0.798. The van der Waals surface area contributed by atoms with Gasteiger partial charge in [-0.2, -0.15) is 0 Å². The Labute approximate surface area is 107 Å². The average Bonchev–Trinajstić information content (AvgIpc) is 2.85. The number of ether oxygens (including phenoxy) is 1. The van der Waals surface area contributed by atoms with Crippen molar-refractivity contribution in [3.8, 4) is 0 Å². The van der Waals surface area contributed by atoms with Crippen molar-refractivity contribution in [1.82, 2.24) is 9.88 Å². The van der Waals surface area contributed by atoms with E-state index in [2.05, 4.69) is 9.88 Å². The van der Waals surface area contributed by atoms with E-state index in [1.54, 1.807) is 6.20 Å². The zero-order chi connectivity index (χ0) is 12.5. The molecule has 4 N–H and O–H groups in total. The number of nitrogen functional groups attached to an aromatic ring is 1. The molecule has 5 nitrogen and oxygen atoms in total. The number of hydrogen-bond acceptors (Lipinski definition) is 5. The van der Waals surface area contributed by atoms with E-state index >= 15 is 0 Å². The summed E-state index contributed by atoms with van der Waals surface area (Å²) in [5, 5.41) is 0. The van der Waals surface area contributed by atoms with Crippen molar-refractivity contribution in [2.75, 3.05) is 25.4 Å². The minimum absolute atomic E-state index is 0.0193. The maximum atomic E-state index is 6.28. The van der Waals surface area contributed by atoms with Gasteiger partial charge in [0.05, 0.1) is 18.8 Å². The van der Waals surface area contributed by atoms with Gasteiger partial charge in [0.15, 0.2) is 0 Å². The third-order valence-electron chi connectivity index (χ3n) is 4.05. The van der Waals surface area contributed by atoms with E-state index in [0.29, 0.717) is 11.9 Å². The molecule has 0 amide bonds. The Morgan fingerprint density at radius 2 is 2.39 bits per heavy atom. The summed E-state index contributed by atoms with van der Waals surface area (Å²) in [4.78, 5) is 6.58. The number of anilines is 1. The first kappa shape index (κ1) is 11.9. The van der Waals surface area contributed by atoms with Crippen molar-refractivity contribution in [2.24, 2.45) is 5.73 Å². The average molecular weight is 248 g/mol. The lowest BCUT2D eigenvalue weighted by Gasteiger charge is -2.37. The number of aromatic nitrogens is 1. The molecule has 0 saturated carbocycles. The number of fused-ring (bicyclic) bond motifs is 1. The Balaban J connectivity index is 1.73. The van der Waals surface area contributed by atoms with E-state index in [9.17, 15) is 0 Å². The molecule has 3 atom stereocenters. The van der Waals surface area contributed by atoms with Crippen LogP contribution in [0.2, 0.25) is 0 Å². The van der Waals surface area contributed by atoms with Crippen molar-refractivity contribution < 1.29 is 4.74 Å². The summed E-state index contributed by atoms with van der Waals surface area (Å²) >= 11 is 0. The lowest BCUT2D eigenvalue weighted by Crippen LogP contribution is -2.49. The highest BCUT2D eigenvalue weighted by Crippen LogP contribution is 2.28. The van der Waals surface area contributed by atoms with Gasteiger partial charge in [-0.15, -0.1) is 0 Å². The summed E-state index contributed by atoms with van der Waals surface area (Å²) in [6, 6.07) is 4.21. The molecule has 18 heavy (non-hydrogen) atoms. The van der Waals surface area contributed by atoms with E-state index < -0.39 is 0 Å². The molecule has 2 aliphatic rings. The van der Waals surface area contributed by atoms with Crippen LogP contribution >= 0.6 is 0 Å². The fourth-order valence-corrected chi connectivity index (χ4v) is 2.97. The molecule has 3 rings (SSSR count). The van der Waals surface area contributed by atoms with Gasteiger partial charge >= 0.3 is 0 Å². The standard InChI is InChI=1S/C13H20N4O/c14-12(10-4-1-5-16-13(10)15)11-7-17-6-2-3-9(17)8-18-11/h1,4-5,9,11-12H,2-3,6-8,14H2,(H2,15,16). The number of morpholine rings is 1. The van der Waals surface area contributed by atoms with Crippen molar-refractivity contribution in [1.29, 1.82) is 0 Å². The molecule has 0 bridgehead atoms. The Kier molecular flexibility index (Phi) is 3.20. The molecule has 0 radical (unpaired) electrons. The maximum Gasteiger partial charge on any atom is 0.128 e. The highest BCUT2D eigenvalue weighted by atomic mass is 16.5. The fraction of sp³-hybridized carbons (Fsp3) is 0.615.